The van der Waals surface area contributed by atoms with E-state index in [0.29, 0.717) is 0 Å². The highest BCUT2D eigenvalue weighted by molar-refractivity contribution is 5.98. The topological polar surface area (TPSA) is 4.93 Å². The van der Waals surface area contributed by atoms with Gasteiger partial charge in [0.2, 0.25) is 0 Å². The van der Waals surface area contributed by atoms with Gasteiger partial charge in [-0.15, -0.1) is 0 Å². The second kappa shape index (κ2) is 3.99. The molecule has 1 aromatic heterocycles. The third-order valence-corrected chi connectivity index (χ3v) is 3.59. The average Bonchev–Trinajstić information content (AvgIpc) is 2.98. The highest BCUT2D eigenvalue weighted by atomic mass is 14.9. The Labute approximate surface area is 111 Å². The van der Waals surface area contributed by atoms with E-state index >= 15 is 0 Å². The van der Waals surface area contributed by atoms with Crippen LogP contribution in [0.1, 0.15) is 0 Å². The molecule has 0 bridgehead atoms. The lowest BCUT2D eigenvalue weighted by molar-refractivity contribution is 1.08. The maximum Gasteiger partial charge on any atom is 0.0455 e. The Hall–Kier alpha value is -2.54. The van der Waals surface area contributed by atoms with E-state index in [0.717, 1.165) is 0 Å². The van der Waals surface area contributed by atoms with Crippen LogP contribution in [0.25, 0.3) is 27.2 Å². The molecular weight excluding hydrogens is 230 g/mol. The first kappa shape index (κ1) is 10.4. The Morgan fingerprint density at radius 2 is 1.16 bits per heavy atom. The molecule has 19 heavy (non-hydrogen) atoms. The van der Waals surface area contributed by atoms with Crippen LogP contribution in [0.2, 0.25) is 0 Å². The predicted octanol–water partition coefficient (Wildman–Crippen LogP) is 4.78. The van der Waals surface area contributed by atoms with Gasteiger partial charge in [-0.3, -0.25) is 0 Å². The van der Waals surface area contributed by atoms with Crippen LogP contribution in [0, 0.1) is 0 Å². The molecule has 0 aliphatic heterocycles. The summed E-state index contributed by atoms with van der Waals surface area (Å²) in [5, 5.41) is 5.16. The van der Waals surface area contributed by atoms with Crippen molar-refractivity contribution >= 4 is 21.5 Å². The minimum Gasteiger partial charge on any atom is -0.324 e. The molecule has 1 heteroatoms. The zero-order valence-electron chi connectivity index (χ0n) is 10.5. The van der Waals surface area contributed by atoms with Gasteiger partial charge in [0.15, 0.2) is 0 Å². The Bertz CT molecular complexity index is 857. The first-order chi connectivity index (χ1) is 9.40. The van der Waals surface area contributed by atoms with Gasteiger partial charge in [0.1, 0.15) is 0 Å². The lowest BCUT2D eigenvalue weighted by Crippen LogP contribution is -1.89. The largest absolute Gasteiger partial charge is 0.324 e. The molecule has 0 aliphatic rings. The summed E-state index contributed by atoms with van der Waals surface area (Å²) < 4.78 is 2.13. The summed E-state index contributed by atoms with van der Waals surface area (Å²) in [5.74, 6) is 0. The minimum atomic E-state index is 1.20. The quantitative estimate of drug-likeness (QED) is 0.424. The zero-order chi connectivity index (χ0) is 12.7. The van der Waals surface area contributed by atoms with Crippen LogP contribution in [0.4, 0.5) is 0 Å². The van der Waals surface area contributed by atoms with Crippen molar-refractivity contribution in [1.29, 1.82) is 0 Å². The van der Waals surface area contributed by atoms with Crippen molar-refractivity contribution in [3.05, 3.63) is 79.1 Å². The number of nitrogens with zero attached hydrogens (tertiary/aromatic N) is 1. The molecular formula is C18H13N. The van der Waals surface area contributed by atoms with E-state index in [-0.39, 0.29) is 0 Å². The third kappa shape index (κ3) is 1.71. The first-order valence-electron chi connectivity index (χ1n) is 6.46. The molecule has 0 unspecified atom stereocenters. The molecule has 0 atom stereocenters. The second-order valence-electron chi connectivity index (χ2n) is 4.82. The van der Waals surface area contributed by atoms with Gasteiger partial charge in [-0.2, -0.15) is 0 Å². The molecule has 0 aliphatic carbocycles. The molecule has 3 aromatic carbocycles. The van der Waals surface area contributed by atoms with Crippen LogP contribution in [-0.4, -0.2) is 4.57 Å². The van der Waals surface area contributed by atoms with E-state index in [2.05, 4.69) is 71.6 Å². The lowest BCUT2D eigenvalue weighted by Gasteiger charge is -2.06. The lowest BCUT2D eigenvalue weighted by atomic mass is 10.0. The van der Waals surface area contributed by atoms with Gasteiger partial charge in [-0.25, -0.2) is 0 Å². The fourth-order valence-corrected chi connectivity index (χ4v) is 2.59. The molecule has 4 rings (SSSR count). The van der Waals surface area contributed by atoms with E-state index in [1.54, 1.807) is 0 Å². The van der Waals surface area contributed by atoms with Crippen molar-refractivity contribution in [3.63, 3.8) is 0 Å². The Kier molecular flexibility index (Phi) is 2.18. The van der Waals surface area contributed by atoms with Crippen molar-refractivity contribution in [2.75, 3.05) is 0 Å². The van der Waals surface area contributed by atoms with E-state index in [9.17, 15) is 0 Å². The second-order valence-corrected chi connectivity index (χ2v) is 4.82. The van der Waals surface area contributed by atoms with Crippen LogP contribution in [0.5, 0.6) is 0 Å². The smallest absolute Gasteiger partial charge is 0.0455 e. The third-order valence-electron chi connectivity index (χ3n) is 3.59. The van der Waals surface area contributed by atoms with Crippen molar-refractivity contribution < 1.29 is 0 Å². The number of aromatic nitrogens is 1. The van der Waals surface area contributed by atoms with Gasteiger partial charge in [0, 0.05) is 18.1 Å². The van der Waals surface area contributed by atoms with E-state index in [1.807, 2.05) is 12.1 Å². The average molecular weight is 243 g/mol. The Morgan fingerprint density at radius 3 is 1.89 bits per heavy atom. The summed E-state index contributed by atoms with van der Waals surface area (Å²) in [6.07, 6.45) is 4.14. The van der Waals surface area contributed by atoms with Gasteiger partial charge >= 0.3 is 0 Å². The Morgan fingerprint density at radius 1 is 0.526 bits per heavy atom. The molecule has 0 saturated heterocycles. The van der Waals surface area contributed by atoms with Crippen LogP contribution in [-0.2, 0) is 0 Å². The first-order valence-corrected chi connectivity index (χ1v) is 6.46. The molecule has 90 valence electrons. The van der Waals surface area contributed by atoms with E-state index in [1.165, 1.54) is 27.2 Å². The fraction of sp³-hybridized carbons (Fsp3) is 0. The van der Waals surface area contributed by atoms with Crippen molar-refractivity contribution in [1.82, 2.24) is 4.57 Å². The van der Waals surface area contributed by atoms with Crippen LogP contribution in [0.15, 0.2) is 79.1 Å². The Balaban J connectivity index is 2.00. The predicted molar refractivity (Wildman–Crippen MR) is 80.8 cm³/mol. The number of hydrogen-bond acceptors (Lipinski definition) is 0. The number of rotatable bonds is 1. The van der Waals surface area contributed by atoms with Crippen molar-refractivity contribution in [2.24, 2.45) is 0 Å². The molecule has 0 spiro atoms. The maximum atomic E-state index is 2.26. The number of benzene rings is 3. The number of fused-ring (bicyclic) bond motifs is 2. The van der Waals surface area contributed by atoms with E-state index < -0.39 is 0 Å². The van der Waals surface area contributed by atoms with Crippen molar-refractivity contribution in [3.8, 4) is 5.69 Å². The van der Waals surface area contributed by atoms with Crippen LogP contribution < -0.4 is 0 Å². The van der Waals surface area contributed by atoms with E-state index in [4.69, 9.17) is 0 Å². The highest BCUT2D eigenvalue weighted by Crippen LogP contribution is 2.24. The fourth-order valence-electron chi connectivity index (χ4n) is 2.59. The van der Waals surface area contributed by atoms with Gasteiger partial charge < -0.3 is 4.57 Å². The SMILES string of the molecule is c1ccc2cc3cc(-n4cccc4)ccc3cc2c1. The molecule has 0 saturated carbocycles. The number of hydrogen-bond donors (Lipinski definition) is 0. The van der Waals surface area contributed by atoms with Crippen LogP contribution >= 0.6 is 0 Å². The minimum absolute atomic E-state index is 1.20. The molecule has 0 radical (unpaired) electrons. The maximum absolute atomic E-state index is 2.26. The molecule has 0 N–H and O–H groups in total. The van der Waals surface area contributed by atoms with Gasteiger partial charge in [-0.05, 0) is 57.9 Å². The van der Waals surface area contributed by atoms with Crippen LogP contribution in [0.3, 0.4) is 0 Å². The molecule has 0 amide bonds. The zero-order valence-corrected chi connectivity index (χ0v) is 10.5. The van der Waals surface area contributed by atoms with Gasteiger partial charge in [-0.1, -0.05) is 30.3 Å². The summed E-state index contributed by atoms with van der Waals surface area (Å²) in [4.78, 5) is 0. The van der Waals surface area contributed by atoms with Crippen molar-refractivity contribution in [2.45, 2.75) is 0 Å². The molecule has 1 heterocycles. The standard InChI is InChI=1S/C18H13N/c1-2-6-15-12-17-13-18(19-9-3-4-10-19)8-7-16(17)11-14(15)5-1/h1-13H. The van der Waals surface area contributed by atoms with Gasteiger partial charge in [0.05, 0.1) is 0 Å². The summed E-state index contributed by atoms with van der Waals surface area (Å²) in [6, 6.07) is 23.7. The normalized spacial score (nSPS) is 11.2. The monoisotopic (exact) mass is 243 g/mol. The summed E-state index contributed by atoms with van der Waals surface area (Å²) in [6.45, 7) is 0. The summed E-state index contributed by atoms with van der Waals surface area (Å²) in [5.41, 5.74) is 1.20. The van der Waals surface area contributed by atoms with Gasteiger partial charge in [0.25, 0.3) is 0 Å². The summed E-state index contributed by atoms with van der Waals surface area (Å²) in [7, 11) is 0. The highest BCUT2D eigenvalue weighted by Gasteiger charge is 2.00. The summed E-state index contributed by atoms with van der Waals surface area (Å²) >= 11 is 0. The molecule has 4 aromatic rings. The molecule has 0 fully saturated rings. The molecule has 1 nitrogen and oxygen atoms in total.